The van der Waals surface area contributed by atoms with Gasteiger partial charge in [0.15, 0.2) is 6.54 Å². The number of piperidine rings is 1. The SMILES string of the molecule is O=C(C[NH+]1CCCCCC1)Nc1ccc(N2CCCCC2)cc1. The van der Waals surface area contributed by atoms with Gasteiger partial charge in [0.1, 0.15) is 0 Å². The van der Waals surface area contributed by atoms with E-state index in [-0.39, 0.29) is 5.91 Å². The van der Waals surface area contributed by atoms with E-state index >= 15 is 0 Å². The molecule has 0 aliphatic carbocycles. The average Bonchev–Trinajstić information content (AvgIpc) is 2.85. The maximum absolute atomic E-state index is 12.2. The van der Waals surface area contributed by atoms with E-state index in [9.17, 15) is 4.79 Å². The third-order valence-corrected chi connectivity index (χ3v) is 5.09. The van der Waals surface area contributed by atoms with Crippen molar-refractivity contribution in [3.63, 3.8) is 0 Å². The standard InChI is InChI=1S/C19H29N3O/c23-19(16-21-12-4-1-2-5-13-21)20-17-8-10-18(11-9-17)22-14-6-3-7-15-22/h8-11H,1-7,12-16H2,(H,20,23)/p+1. The minimum absolute atomic E-state index is 0.146. The molecule has 4 heteroatoms. The second kappa shape index (κ2) is 8.34. The van der Waals surface area contributed by atoms with Crippen LogP contribution in [0.3, 0.4) is 0 Å². The highest BCUT2D eigenvalue weighted by Gasteiger charge is 2.16. The van der Waals surface area contributed by atoms with Gasteiger partial charge in [0.05, 0.1) is 13.1 Å². The summed E-state index contributed by atoms with van der Waals surface area (Å²) in [5, 5.41) is 3.06. The Hall–Kier alpha value is -1.55. The number of amides is 1. The lowest BCUT2D eigenvalue weighted by Crippen LogP contribution is -3.12. The zero-order valence-corrected chi connectivity index (χ0v) is 14.2. The number of hydrogen-bond acceptors (Lipinski definition) is 2. The number of carbonyl (C=O) groups is 1. The monoisotopic (exact) mass is 316 g/mol. The van der Waals surface area contributed by atoms with Gasteiger partial charge in [0, 0.05) is 24.5 Å². The largest absolute Gasteiger partial charge is 0.372 e. The van der Waals surface area contributed by atoms with E-state index in [2.05, 4.69) is 22.3 Å². The molecule has 2 aliphatic heterocycles. The molecule has 2 N–H and O–H groups in total. The molecule has 4 nitrogen and oxygen atoms in total. The summed E-state index contributed by atoms with van der Waals surface area (Å²) < 4.78 is 0. The Morgan fingerprint density at radius 2 is 1.52 bits per heavy atom. The summed E-state index contributed by atoms with van der Waals surface area (Å²) in [5.74, 6) is 0.146. The summed E-state index contributed by atoms with van der Waals surface area (Å²) in [6.07, 6.45) is 9.09. The molecule has 0 saturated carbocycles. The Balaban J connectivity index is 1.49. The second-order valence-corrected chi connectivity index (χ2v) is 6.98. The van der Waals surface area contributed by atoms with E-state index in [0.717, 1.165) is 31.9 Å². The van der Waals surface area contributed by atoms with Gasteiger partial charge in [-0.2, -0.15) is 0 Å². The van der Waals surface area contributed by atoms with Gasteiger partial charge in [-0.15, -0.1) is 0 Å². The summed E-state index contributed by atoms with van der Waals surface area (Å²) >= 11 is 0. The Labute approximate surface area is 139 Å². The summed E-state index contributed by atoms with van der Waals surface area (Å²) in [4.78, 5) is 16.1. The molecular formula is C19H30N3O+. The third-order valence-electron chi connectivity index (χ3n) is 5.09. The predicted octanol–water partition coefficient (Wildman–Crippen LogP) is 2.07. The number of anilines is 2. The molecule has 0 radical (unpaired) electrons. The van der Waals surface area contributed by atoms with Gasteiger partial charge in [-0.3, -0.25) is 4.79 Å². The van der Waals surface area contributed by atoms with Crippen LogP contribution in [0.15, 0.2) is 24.3 Å². The van der Waals surface area contributed by atoms with Crippen LogP contribution < -0.4 is 15.1 Å². The molecule has 1 aromatic rings. The average molecular weight is 316 g/mol. The first-order valence-electron chi connectivity index (χ1n) is 9.30. The summed E-state index contributed by atoms with van der Waals surface area (Å²) in [6, 6.07) is 8.36. The number of nitrogens with one attached hydrogen (secondary N) is 2. The lowest BCUT2D eigenvalue weighted by molar-refractivity contribution is -0.890. The number of nitrogens with zero attached hydrogens (tertiary/aromatic N) is 1. The molecule has 126 valence electrons. The van der Waals surface area contributed by atoms with Crippen molar-refractivity contribution >= 4 is 17.3 Å². The summed E-state index contributed by atoms with van der Waals surface area (Å²) in [7, 11) is 0. The van der Waals surface area contributed by atoms with Crippen LogP contribution in [0, 0.1) is 0 Å². The van der Waals surface area contributed by atoms with Gasteiger partial charge in [-0.1, -0.05) is 0 Å². The molecule has 2 aliphatic rings. The Morgan fingerprint density at radius 1 is 0.913 bits per heavy atom. The van der Waals surface area contributed by atoms with Crippen molar-refractivity contribution in [2.45, 2.75) is 44.9 Å². The minimum Gasteiger partial charge on any atom is -0.372 e. The zero-order chi connectivity index (χ0) is 15.9. The first-order valence-corrected chi connectivity index (χ1v) is 9.30. The first-order chi connectivity index (χ1) is 11.3. The molecule has 0 unspecified atom stereocenters. The normalized spacial score (nSPS) is 20.1. The van der Waals surface area contributed by atoms with Crippen LogP contribution in [0.4, 0.5) is 11.4 Å². The second-order valence-electron chi connectivity index (χ2n) is 6.98. The quantitative estimate of drug-likeness (QED) is 0.892. The van der Waals surface area contributed by atoms with Crippen molar-refractivity contribution < 1.29 is 9.69 Å². The molecule has 0 atom stereocenters. The lowest BCUT2D eigenvalue weighted by atomic mass is 10.1. The van der Waals surface area contributed by atoms with Crippen molar-refractivity contribution in [3.8, 4) is 0 Å². The van der Waals surface area contributed by atoms with Gasteiger partial charge in [0.2, 0.25) is 0 Å². The highest BCUT2D eigenvalue weighted by Crippen LogP contribution is 2.21. The van der Waals surface area contributed by atoms with E-state index < -0.39 is 0 Å². The fraction of sp³-hybridized carbons (Fsp3) is 0.632. The van der Waals surface area contributed by atoms with Crippen molar-refractivity contribution in [2.75, 3.05) is 42.9 Å². The fourth-order valence-corrected chi connectivity index (χ4v) is 3.75. The molecule has 1 amide bonds. The Kier molecular flexibility index (Phi) is 5.92. The topological polar surface area (TPSA) is 36.8 Å². The Morgan fingerprint density at radius 3 is 2.17 bits per heavy atom. The van der Waals surface area contributed by atoms with Gasteiger partial charge >= 0.3 is 0 Å². The van der Waals surface area contributed by atoms with E-state index in [1.807, 2.05) is 12.1 Å². The van der Waals surface area contributed by atoms with E-state index in [4.69, 9.17) is 0 Å². The molecule has 0 aromatic heterocycles. The number of rotatable bonds is 4. The minimum atomic E-state index is 0.146. The smallest absolute Gasteiger partial charge is 0.279 e. The highest BCUT2D eigenvalue weighted by atomic mass is 16.2. The van der Waals surface area contributed by atoms with Crippen LogP contribution in [0.25, 0.3) is 0 Å². The van der Waals surface area contributed by atoms with Crippen LogP contribution in [-0.4, -0.2) is 38.6 Å². The molecule has 23 heavy (non-hydrogen) atoms. The van der Waals surface area contributed by atoms with E-state index in [1.165, 1.54) is 55.5 Å². The third kappa shape index (κ3) is 4.96. The van der Waals surface area contributed by atoms with Crippen molar-refractivity contribution in [1.29, 1.82) is 0 Å². The molecule has 2 fully saturated rings. The summed E-state index contributed by atoms with van der Waals surface area (Å²) in [5.41, 5.74) is 2.20. The molecule has 0 spiro atoms. The van der Waals surface area contributed by atoms with E-state index in [1.54, 1.807) is 0 Å². The highest BCUT2D eigenvalue weighted by molar-refractivity contribution is 5.91. The van der Waals surface area contributed by atoms with Crippen LogP contribution in [-0.2, 0) is 4.79 Å². The van der Waals surface area contributed by atoms with Crippen LogP contribution in [0.2, 0.25) is 0 Å². The number of hydrogen-bond donors (Lipinski definition) is 2. The summed E-state index contributed by atoms with van der Waals surface area (Å²) in [6.45, 7) is 5.20. The molecule has 2 saturated heterocycles. The zero-order valence-electron chi connectivity index (χ0n) is 14.2. The maximum Gasteiger partial charge on any atom is 0.279 e. The molecule has 3 rings (SSSR count). The molecular weight excluding hydrogens is 286 g/mol. The van der Waals surface area contributed by atoms with Crippen molar-refractivity contribution in [2.24, 2.45) is 0 Å². The van der Waals surface area contributed by atoms with Gasteiger partial charge in [0.25, 0.3) is 5.91 Å². The van der Waals surface area contributed by atoms with Gasteiger partial charge in [-0.25, -0.2) is 0 Å². The molecule has 0 bridgehead atoms. The lowest BCUT2D eigenvalue weighted by Gasteiger charge is -2.28. The van der Waals surface area contributed by atoms with E-state index in [0.29, 0.717) is 6.54 Å². The molecule has 1 aromatic carbocycles. The van der Waals surface area contributed by atoms with Crippen LogP contribution >= 0.6 is 0 Å². The van der Waals surface area contributed by atoms with Crippen LogP contribution in [0.5, 0.6) is 0 Å². The number of quaternary nitrogens is 1. The van der Waals surface area contributed by atoms with Gasteiger partial charge in [-0.05, 0) is 69.2 Å². The maximum atomic E-state index is 12.2. The number of benzene rings is 1. The fourth-order valence-electron chi connectivity index (χ4n) is 3.75. The number of carbonyl (C=O) groups excluding carboxylic acids is 1. The first kappa shape index (κ1) is 16.3. The van der Waals surface area contributed by atoms with Crippen molar-refractivity contribution in [1.82, 2.24) is 0 Å². The number of likely N-dealkylation sites (tertiary alicyclic amines) is 1. The van der Waals surface area contributed by atoms with Gasteiger partial charge < -0.3 is 15.1 Å². The predicted molar refractivity (Wildman–Crippen MR) is 95.2 cm³/mol. The molecule has 2 heterocycles. The van der Waals surface area contributed by atoms with Crippen LogP contribution in [0.1, 0.15) is 44.9 Å². The Bertz CT molecular complexity index is 486. The van der Waals surface area contributed by atoms with Crippen molar-refractivity contribution in [3.05, 3.63) is 24.3 Å².